The molecule has 12 heavy (non-hydrogen) atoms. The SMILES string of the molecule is COC(C(=O)O)(C(=O)O)C(C)C. The smallest absolute Gasteiger partial charge is 0.348 e. The summed E-state index contributed by atoms with van der Waals surface area (Å²) in [6.07, 6.45) is 0. The molecule has 0 heterocycles. The molecule has 0 aliphatic carbocycles. The number of methoxy groups -OCH3 is 1. The Balaban J connectivity index is 5.04. The first-order valence-electron chi connectivity index (χ1n) is 3.41. The summed E-state index contributed by atoms with van der Waals surface area (Å²) in [5, 5.41) is 17.3. The summed E-state index contributed by atoms with van der Waals surface area (Å²) in [6, 6.07) is 0. The van der Waals surface area contributed by atoms with Crippen LogP contribution in [0.3, 0.4) is 0 Å². The number of ether oxygens (including phenoxy) is 1. The van der Waals surface area contributed by atoms with Crippen LogP contribution >= 0.6 is 0 Å². The quantitative estimate of drug-likeness (QED) is 0.597. The highest BCUT2D eigenvalue weighted by atomic mass is 16.5. The van der Waals surface area contributed by atoms with E-state index in [1.165, 1.54) is 13.8 Å². The second-order valence-electron chi connectivity index (χ2n) is 2.70. The summed E-state index contributed by atoms with van der Waals surface area (Å²) in [4.78, 5) is 21.3. The van der Waals surface area contributed by atoms with E-state index in [9.17, 15) is 9.59 Å². The summed E-state index contributed by atoms with van der Waals surface area (Å²) in [5.41, 5.74) is -2.12. The van der Waals surface area contributed by atoms with E-state index < -0.39 is 23.5 Å². The summed E-state index contributed by atoms with van der Waals surface area (Å²) in [5.74, 6) is -3.59. The normalized spacial score (nSPS) is 11.7. The molecule has 0 bridgehead atoms. The molecule has 0 unspecified atom stereocenters. The van der Waals surface area contributed by atoms with Crippen LogP contribution in [0.15, 0.2) is 0 Å². The Labute approximate surface area is 70.0 Å². The minimum absolute atomic E-state index is 0.627. The highest BCUT2D eigenvalue weighted by Gasteiger charge is 2.50. The van der Waals surface area contributed by atoms with Crippen LogP contribution in [0.2, 0.25) is 0 Å². The molecule has 0 atom stereocenters. The van der Waals surface area contributed by atoms with Gasteiger partial charge in [-0.15, -0.1) is 0 Å². The Hall–Kier alpha value is -1.10. The van der Waals surface area contributed by atoms with E-state index in [-0.39, 0.29) is 0 Å². The average Bonchev–Trinajstić information content (AvgIpc) is 1.86. The first-order chi connectivity index (χ1) is 5.39. The largest absolute Gasteiger partial charge is 0.479 e. The van der Waals surface area contributed by atoms with Gasteiger partial charge in [0.1, 0.15) is 0 Å². The third kappa shape index (κ3) is 1.40. The topological polar surface area (TPSA) is 83.8 Å². The van der Waals surface area contributed by atoms with Crippen molar-refractivity contribution < 1.29 is 24.5 Å². The second kappa shape index (κ2) is 3.53. The van der Waals surface area contributed by atoms with Gasteiger partial charge in [-0.1, -0.05) is 13.8 Å². The number of rotatable bonds is 4. The molecule has 0 amide bonds. The highest BCUT2D eigenvalue weighted by molar-refractivity contribution is 6.02. The first kappa shape index (κ1) is 10.9. The average molecular weight is 176 g/mol. The standard InChI is InChI=1S/C7H12O5/c1-4(2)7(12-3,5(8)9)6(10)11/h4H,1-3H3,(H,8,9)(H,10,11). The van der Waals surface area contributed by atoms with E-state index in [1.807, 2.05) is 0 Å². The zero-order valence-corrected chi connectivity index (χ0v) is 7.20. The van der Waals surface area contributed by atoms with E-state index in [2.05, 4.69) is 4.74 Å². The molecule has 70 valence electrons. The van der Waals surface area contributed by atoms with Crippen molar-refractivity contribution in [2.45, 2.75) is 19.4 Å². The van der Waals surface area contributed by atoms with Gasteiger partial charge < -0.3 is 14.9 Å². The lowest BCUT2D eigenvalue weighted by atomic mass is 9.90. The molecule has 5 nitrogen and oxygen atoms in total. The van der Waals surface area contributed by atoms with Crippen LogP contribution in [0, 0.1) is 5.92 Å². The van der Waals surface area contributed by atoms with E-state index >= 15 is 0 Å². The minimum atomic E-state index is -2.12. The van der Waals surface area contributed by atoms with Gasteiger partial charge in [-0.2, -0.15) is 0 Å². The molecule has 0 aromatic heterocycles. The molecule has 2 N–H and O–H groups in total. The van der Waals surface area contributed by atoms with Crippen LogP contribution in [-0.2, 0) is 14.3 Å². The minimum Gasteiger partial charge on any atom is -0.479 e. The van der Waals surface area contributed by atoms with Gasteiger partial charge in [0.05, 0.1) is 0 Å². The van der Waals surface area contributed by atoms with Crippen LogP contribution < -0.4 is 0 Å². The van der Waals surface area contributed by atoms with Crippen molar-refractivity contribution >= 4 is 11.9 Å². The molecule has 0 saturated heterocycles. The van der Waals surface area contributed by atoms with Crippen LogP contribution in [-0.4, -0.2) is 34.9 Å². The fraction of sp³-hybridized carbons (Fsp3) is 0.714. The van der Waals surface area contributed by atoms with Gasteiger partial charge in [0, 0.05) is 13.0 Å². The number of carbonyl (C=O) groups is 2. The van der Waals surface area contributed by atoms with Gasteiger partial charge in [0.2, 0.25) is 0 Å². The number of carboxylic acid groups (broad SMARTS) is 2. The Morgan fingerprint density at radius 1 is 1.25 bits per heavy atom. The Kier molecular flexibility index (Phi) is 3.21. The van der Waals surface area contributed by atoms with Gasteiger partial charge in [0.25, 0.3) is 5.60 Å². The highest BCUT2D eigenvalue weighted by Crippen LogP contribution is 2.21. The maximum Gasteiger partial charge on any atom is 0.348 e. The first-order valence-corrected chi connectivity index (χ1v) is 3.41. The summed E-state index contributed by atoms with van der Waals surface area (Å²) in [7, 11) is 1.07. The Morgan fingerprint density at radius 3 is 1.58 bits per heavy atom. The number of aliphatic carboxylic acids is 2. The molecule has 0 aromatic carbocycles. The molecule has 0 rings (SSSR count). The molecular formula is C7H12O5. The summed E-state index contributed by atoms with van der Waals surface area (Å²) in [6.45, 7) is 2.96. The van der Waals surface area contributed by atoms with Crippen molar-refractivity contribution in [3.05, 3.63) is 0 Å². The molecule has 0 fully saturated rings. The van der Waals surface area contributed by atoms with Gasteiger partial charge in [0.15, 0.2) is 0 Å². The maximum atomic E-state index is 10.6. The zero-order valence-electron chi connectivity index (χ0n) is 7.20. The predicted octanol–water partition coefficient (Wildman–Crippen LogP) is 0.197. The summed E-state index contributed by atoms with van der Waals surface area (Å²) >= 11 is 0. The van der Waals surface area contributed by atoms with E-state index in [0.29, 0.717) is 0 Å². The fourth-order valence-electron chi connectivity index (χ4n) is 0.996. The number of hydrogen-bond donors (Lipinski definition) is 2. The lowest BCUT2D eigenvalue weighted by Crippen LogP contribution is -2.52. The van der Waals surface area contributed by atoms with Gasteiger partial charge in [-0.3, -0.25) is 0 Å². The van der Waals surface area contributed by atoms with E-state index in [1.54, 1.807) is 0 Å². The molecule has 0 radical (unpaired) electrons. The molecule has 0 aliphatic heterocycles. The molecule has 0 aliphatic rings. The van der Waals surface area contributed by atoms with Crippen molar-refractivity contribution in [3.63, 3.8) is 0 Å². The van der Waals surface area contributed by atoms with Crippen LogP contribution in [0.25, 0.3) is 0 Å². The van der Waals surface area contributed by atoms with Gasteiger partial charge >= 0.3 is 11.9 Å². The molecule has 0 aromatic rings. The van der Waals surface area contributed by atoms with Crippen molar-refractivity contribution in [2.24, 2.45) is 5.92 Å². The molecular weight excluding hydrogens is 164 g/mol. The van der Waals surface area contributed by atoms with Crippen LogP contribution in [0.1, 0.15) is 13.8 Å². The fourth-order valence-corrected chi connectivity index (χ4v) is 0.996. The van der Waals surface area contributed by atoms with E-state index in [4.69, 9.17) is 10.2 Å². The van der Waals surface area contributed by atoms with Crippen molar-refractivity contribution in [1.82, 2.24) is 0 Å². The van der Waals surface area contributed by atoms with Crippen LogP contribution in [0.5, 0.6) is 0 Å². The van der Waals surface area contributed by atoms with Crippen molar-refractivity contribution in [1.29, 1.82) is 0 Å². The lowest BCUT2D eigenvalue weighted by Gasteiger charge is -2.26. The van der Waals surface area contributed by atoms with Crippen LogP contribution in [0.4, 0.5) is 0 Å². The number of carboxylic acids is 2. The predicted molar refractivity (Wildman–Crippen MR) is 39.8 cm³/mol. The zero-order chi connectivity index (χ0) is 9.94. The lowest BCUT2D eigenvalue weighted by molar-refractivity contribution is -0.185. The monoisotopic (exact) mass is 176 g/mol. The number of hydrogen-bond acceptors (Lipinski definition) is 3. The van der Waals surface area contributed by atoms with Gasteiger partial charge in [-0.25, -0.2) is 9.59 Å². The maximum absolute atomic E-state index is 10.6. The third-order valence-corrected chi connectivity index (χ3v) is 1.77. The van der Waals surface area contributed by atoms with E-state index in [0.717, 1.165) is 7.11 Å². The third-order valence-electron chi connectivity index (χ3n) is 1.77. The van der Waals surface area contributed by atoms with Gasteiger partial charge in [-0.05, 0) is 0 Å². The Bertz CT molecular complexity index is 182. The molecule has 0 spiro atoms. The van der Waals surface area contributed by atoms with Crippen molar-refractivity contribution in [2.75, 3.05) is 7.11 Å². The summed E-state index contributed by atoms with van der Waals surface area (Å²) < 4.78 is 4.52. The molecule has 5 heteroatoms. The van der Waals surface area contributed by atoms with Crippen molar-refractivity contribution in [3.8, 4) is 0 Å². The Morgan fingerprint density at radius 2 is 1.58 bits per heavy atom. The second-order valence-corrected chi connectivity index (χ2v) is 2.70. The molecule has 0 saturated carbocycles.